The molecule has 3 nitrogen and oxygen atoms in total. The summed E-state index contributed by atoms with van der Waals surface area (Å²) in [5, 5.41) is 11.6. The third-order valence-corrected chi connectivity index (χ3v) is 2.86. The summed E-state index contributed by atoms with van der Waals surface area (Å²) in [6.07, 6.45) is 5.43. The van der Waals surface area contributed by atoms with Crippen LogP contribution in [0.1, 0.15) is 38.2 Å². The molecule has 1 rings (SSSR count). The first-order valence-corrected chi connectivity index (χ1v) is 6.94. The molecule has 0 aliphatic rings. The van der Waals surface area contributed by atoms with Crippen LogP contribution < -0.4 is 5.32 Å². The van der Waals surface area contributed by atoms with Crippen molar-refractivity contribution in [2.45, 2.75) is 32.6 Å². The molecule has 0 radical (unpaired) electrons. The zero-order chi connectivity index (χ0) is 13.9. The number of unbranched alkanes of at least 4 members (excludes halogenated alkanes) is 2. The number of aliphatic hydroxyl groups is 1. The van der Waals surface area contributed by atoms with Crippen LogP contribution in [0.2, 0.25) is 0 Å². The van der Waals surface area contributed by atoms with Crippen LogP contribution in [-0.2, 0) is 4.79 Å². The van der Waals surface area contributed by atoms with E-state index >= 15 is 0 Å². The molecule has 0 bridgehead atoms. The standard InChI is InChI=1S/C16H23NO2/c1-2-9-15(14-10-5-3-6-11-14)16(19)17-12-7-4-8-13-18/h3,5-6,9-11,18H,2,4,7-8,12-13H2,1H3,(H,17,19). The van der Waals surface area contributed by atoms with Crippen molar-refractivity contribution in [2.75, 3.05) is 13.2 Å². The second kappa shape index (κ2) is 9.34. The van der Waals surface area contributed by atoms with Crippen molar-refractivity contribution in [3.8, 4) is 0 Å². The van der Waals surface area contributed by atoms with Crippen molar-refractivity contribution in [2.24, 2.45) is 0 Å². The van der Waals surface area contributed by atoms with Crippen molar-refractivity contribution >= 4 is 11.5 Å². The molecule has 1 aromatic carbocycles. The van der Waals surface area contributed by atoms with Crippen molar-refractivity contribution < 1.29 is 9.90 Å². The van der Waals surface area contributed by atoms with Crippen LogP contribution in [0.25, 0.3) is 5.57 Å². The minimum absolute atomic E-state index is 0.0166. The maximum Gasteiger partial charge on any atom is 0.251 e. The number of rotatable bonds is 8. The topological polar surface area (TPSA) is 49.3 Å². The Morgan fingerprint density at radius 2 is 1.95 bits per heavy atom. The lowest BCUT2D eigenvalue weighted by molar-refractivity contribution is -0.115. The number of aliphatic hydroxyl groups excluding tert-OH is 1. The molecular weight excluding hydrogens is 238 g/mol. The number of nitrogens with one attached hydrogen (secondary N) is 1. The summed E-state index contributed by atoms with van der Waals surface area (Å²) < 4.78 is 0. The predicted molar refractivity (Wildman–Crippen MR) is 78.7 cm³/mol. The van der Waals surface area contributed by atoms with Crippen LogP contribution in [0.15, 0.2) is 36.4 Å². The third-order valence-electron chi connectivity index (χ3n) is 2.86. The Morgan fingerprint density at radius 1 is 1.21 bits per heavy atom. The molecule has 3 heteroatoms. The summed E-state index contributed by atoms with van der Waals surface area (Å²) in [6.45, 7) is 2.91. The Morgan fingerprint density at radius 3 is 2.58 bits per heavy atom. The lowest BCUT2D eigenvalue weighted by atomic mass is 10.0. The second-order valence-electron chi connectivity index (χ2n) is 4.43. The molecule has 0 spiro atoms. The molecule has 0 aliphatic carbocycles. The van der Waals surface area contributed by atoms with Gasteiger partial charge in [-0.15, -0.1) is 0 Å². The van der Waals surface area contributed by atoms with E-state index in [0.717, 1.165) is 36.8 Å². The van der Waals surface area contributed by atoms with Crippen molar-refractivity contribution in [1.82, 2.24) is 5.32 Å². The molecule has 0 unspecified atom stereocenters. The van der Waals surface area contributed by atoms with Gasteiger partial charge in [-0.1, -0.05) is 43.3 Å². The summed E-state index contributed by atoms with van der Waals surface area (Å²) in [5.41, 5.74) is 1.70. The van der Waals surface area contributed by atoms with E-state index in [1.165, 1.54) is 0 Å². The van der Waals surface area contributed by atoms with Crippen LogP contribution in [0, 0.1) is 0 Å². The molecule has 0 saturated heterocycles. The van der Waals surface area contributed by atoms with E-state index in [-0.39, 0.29) is 12.5 Å². The Balaban J connectivity index is 2.53. The molecule has 0 aliphatic heterocycles. The van der Waals surface area contributed by atoms with E-state index in [9.17, 15) is 4.79 Å². The number of allylic oxidation sites excluding steroid dienone is 1. The van der Waals surface area contributed by atoms with Crippen molar-refractivity contribution in [1.29, 1.82) is 0 Å². The fourth-order valence-electron chi connectivity index (χ4n) is 1.87. The van der Waals surface area contributed by atoms with E-state index in [0.29, 0.717) is 6.54 Å². The molecule has 0 atom stereocenters. The summed E-state index contributed by atoms with van der Waals surface area (Å²) in [6, 6.07) is 9.72. The molecule has 1 aromatic rings. The molecule has 0 heterocycles. The monoisotopic (exact) mass is 261 g/mol. The molecule has 104 valence electrons. The molecule has 0 aromatic heterocycles. The Hall–Kier alpha value is -1.61. The first-order valence-electron chi connectivity index (χ1n) is 6.94. The normalized spacial score (nSPS) is 11.4. The van der Waals surface area contributed by atoms with E-state index in [1.807, 2.05) is 43.3 Å². The maximum absolute atomic E-state index is 12.1. The Labute approximate surface area is 115 Å². The zero-order valence-corrected chi connectivity index (χ0v) is 11.6. The maximum atomic E-state index is 12.1. The predicted octanol–water partition coefficient (Wildman–Crippen LogP) is 2.76. The summed E-state index contributed by atoms with van der Waals surface area (Å²) >= 11 is 0. The smallest absolute Gasteiger partial charge is 0.251 e. The van der Waals surface area contributed by atoms with Gasteiger partial charge >= 0.3 is 0 Å². The van der Waals surface area contributed by atoms with Crippen LogP contribution in [0.3, 0.4) is 0 Å². The SMILES string of the molecule is CCC=C(C(=O)NCCCCCO)c1ccccc1. The third kappa shape index (κ3) is 5.71. The number of carbonyl (C=O) groups is 1. The molecule has 19 heavy (non-hydrogen) atoms. The quantitative estimate of drug-likeness (QED) is 0.558. The van der Waals surface area contributed by atoms with Gasteiger partial charge in [-0.2, -0.15) is 0 Å². The first kappa shape index (κ1) is 15.4. The van der Waals surface area contributed by atoms with Gasteiger partial charge < -0.3 is 10.4 Å². The number of benzene rings is 1. The van der Waals surface area contributed by atoms with Gasteiger partial charge in [0.2, 0.25) is 0 Å². The minimum atomic E-state index is -0.0166. The zero-order valence-electron chi connectivity index (χ0n) is 11.6. The van der Waals surface area contributed by atoms with Gasteiger partial charge in [0.15, 0.2) is 0 Å². The van der Waals surface area contributed by atoms with Crippen LogP contribution >= 0.6 is 0 Å². The van der Waals surface area contributed by atoms with Gasteiger partial charge in [-0.25, -0.2) is 0 Å². The highest BCUT2D eigenvalue weighted by Gasteiger charge is 2.10. The van der Waals surface area contributed by atoms with Gasteiger partial charge in [0.05, 0.1) is 0 Å². The fourth-order valence-corrected chi connectivity index (χ4v) is 1.87. The number of amides is 1. The number of hydrogen-bond acceptors (Lipinski definition) is 2. The molecule has 0 saturated carbocycles. The summed E-state index contributed by atoms with van der Waals surface area (Å²) in [4.78, 5) is 12.1. The lowest BCUT2D eigenvalue weighted by Crippen LogP contribution is -2.25. The highest BCUT2D eigenvalue weighted by Crippen LogP contribution is 2.15. The van der Waals surface area contributed by atoms with Crippen LogP contribution in [-0.4, -0.2) is 24.2 Å². The average molecular weight is 261 g/mol. The molecular formula is C16H23NO2. The van der Waals surface area contributed by atoms with E-state index in [4.69, 9.17) is 5.11 Å². The largest absolute Gasteiger partial charge is 0.396 e. The second-order valence-corrected chi connectivity index (χ2v) is 4.43. The highest BCUT2D eigenvalue weighted by atomic mass is 16.2. The highest BCUT2D eigenvalue weighted by molar-refractivity contribution is 6.19. The van der Waals surface area contributed by atoms with E-state index < -0.39 is 0 Å². The first-order chi connectivity index (χ1) is 9.29. The van der Waals surface area contributed by atoms with Crippen LogP contribution in [0.4, 0.5) is 0 Å². The summed E-state index contributed by atoms with van der Waals surface area (Å²) in [5.74, 6) is -0.0166. The Kier molecular flexibility index (Phi) is 7.59. The van der Waals surface area contributed by atoms with E-state index in [2.05, 4.69) is 5.32 Å². The Bertz CT molecular complexity index is 398. The summed E-state index contributed by atoms with van der Waals surface area (Å²) in [7, 11) is 0. The minimum Gasteiger partial charge on any atom is -0.396 e. The number of carbonyl (C=O) groups excluding carboxylic acids is 1. The van der Waals surface area contributed by atoms with Crippen molar-refractivity contribution in [3.63, 3.8) is 0 Å². The fraction of sp³-hybridized carbons (Fsp3) is 0.438. The van der Waals surface area contributed by atoms with Gasteiger partial charge in [0, 0.05) is 18.7 Å². The molecule has 2 N–H and O–H groups in total. The van der Waals surface area contributed by atoms with Gasteiger partial charge in [-0.05, 0) is 31.2 Å². The van der Waals surface area contributed by atoms with Gasteiger partial charge in [0.25, 0.3) is 5.91 Å². The van der Waals surface area contributed by atoms with Gasteiger partial charge in [-0.3, -0.25) is 4.79 Å². The average Bonchev–Trinajstić information content (AvgIpc) is 2.45. The van der Waals surface area contributed by atoms with E-state index in [1.54, 1.807) is 0 Å². The molecule has 0 fully saturated rings. The number of hydrogen-bond donors (Lipinski definition) is 2. The lowest BCUT2D eigenvalue weighted by Gasteiger charge is -2.09. The van der Waals surface area contributed by atoms with Crippen LogP contribution in [0.5, 0.6) is 0 Å². The van der Waals surface area contributed by atoms with Crippen molar-refractivity contribution in [3.05, 3.63) is 42.0 Å². The van der Waals surface area contributed by atoms with Gasteiger partial charge in [0.1, 0.15) is 0 Å². The molecule has 1 amide bonds.